The first-order valence-corrected chi connectivity index (χ1v) is 5.77. The molecule has 0 saturated carbocycles. The van der Waals surface area contributed by atoms with Crippen LogP contribution in [0.5, 0.6) is 0 Å². The number of rotatable bonds is 3. The molecule has 1 rings (SSSR count). The number of benzene rings is 1. The zero-order valence-electron chi connectivity index (χ0n) is 10.1. The second kappa shape index (κ2) is 6.70. The van der Waals surface area contributed by atoms with E-state index >= 15 is 0 Å². The maximum atomic E-state index is 11.2. The summed E-state index contributed by atoms with van der Waals surface area (Å²) in [6.45, 7) is 1.74. The number of hydrogen-bond donors (Lipinski definition) is 2. The van der Waals surface area contributed by atoms with Gasteiger partial charge in [0.15, 0.2) is 5.11 Å². The lowest BCUT2D eigenvalue weighted by Crippen LogP contribution is -2.33. The molecule has 0 fully saturated rings. The second-order valence-electron chi connectivity index (χ2n) is 3.42. The van der Waals surface area contributed by atoms with Crippen molar-refractivity contribution < 1.29 is 14.3 Å². The van der Waals surface area contributed by atoms with Crippen LogP contribution in [0.3, 0.4) is 0 Å². The van der Waals surface area contributed by atoms with Crippen LogP contribution in [0.1, 0.15) is 23.7 Å². The molecule has 5 nitrogen and oxygen atoms in total. The Morgan fingerprint density at radius 1 is 1.28 bits per heavy atom. The van der Waals surface area contributed by atoms with E-state index in [9.17, 15) is 9.59 Å². The Morgan fingerprint density at radius 2 is 1.89 bits per heavy atom. The third kappa shape index (κ3) is 4.14. The van der Waals surface area contributed by atoms with Crippen LogP contribution in [0.4, 0.5) is 5.69 Å². The molecular formula is C12H14N2O3S. The predicted molar refractivity (Wildman–Crippen MR) is 72.4 cm³/mol. The molecule has 0 atom stereocenters. The van der Waals surface area contributed by atoms with E-state index in [4.69, 9.17) is 12.2 Å². The Morgan fingerprint density at radius 3 is 2.39 bits per heavy atom. The molecule has 0 saturated heterocycles. The van der Waals surface area contributed by atoms with Gasteiger partial charge in [0.25, 0.3) is 0 Å². The molecule has 1 aromatic rings. The van der Waals surface area contributed by atoms with Crippen LogP contribution in [-0.2, 0) is 9.53 Å². The van der Waals surface area contributed by atoms with Gasteiger partial charge in [0, 0.05) is 12.1 Å². The monoisotopic (exact) mass is 266 g/mol. The van der Waals surface area contributed by atoms with Crippen LogP contribution in [0.2, 0.25) is 0 Å². The molecule has 0 radical (unpaired) electrons. The van der Waals surface area contributed by atoms with E-state index in [2.05, 4.69) is 15.4 Å². The van der Waals surface area contributed by atoms with Gasteiger partial charge in [0.1, 0.15) is 0 Å². The summed E-state index contributed by atoms with van der Waals surface area (Å²) in [6, 6.07) is 6.57. The van der Waals surface area contributed by atoms with E-state index in [1.807, 2.05) is 0 Å². The number of carbonyl (C=O) groups excluding carboxylic acids is 2. The van der Waals surface area contributed by atoms with Crippen LogP contribution in [0.15, 0.2) is 24.3 Å². The number of methoxy groups -OCH3 is 1. The Hall–Kier alpha value is -1.95. The minimum absolute atomic E-state index is 0.154. The molecule has 18 heavy (non-hydrogen) atoms. The molecule has 0 aliphatic rings. The Kier molecular flexibility index (Phi) is 5.26. The molecule has 0 aliphatic heterocycles. The minimum atomic E-state index is -0.400. The lowest BCUT2D eigenvalue weighted by Gasteiger charge is -2.09. The molecule has 0 heterocycles. The van der Waals surface area contributed by atoms with Gasteiger partial charge < -0.3 is 15.4 Å². The number of hydrogen-bond acceptors (Lipinski definition) is 4. The fraction of sp³-hybridized carbons (Fsp3) is 0.250. The van der Waals surface area contributed by atoms with Gasteiger partial charge in [-0.25, -0.2) is 4.79 Å². The molecular weight excluding hydrogens is 252 g/mol. The van der Waals surface area contributed by atoms with Gasteiger partial charge in [-0.15, -0.1) is 0 Å². The summed E-state index contributed by atoms with van der Waals surface area (Å²) in [5.41, 5.74) is 1.13. The number of amides is 1. The van der Waals surface area contributed by atoms with E-state index in [1.54, 1.807) is 31.2 Å². The molecule has 96 valence electrons. The van der Waals surface area contributed by atoms with Crippen LogP contribution in [-0.4, -0.2) is 24.1 Å². The molecule has 0 aliphatic carbocycles. The Bertz CT molecular complexity index is 457. The second-order valence-corrected chi connectivity index (χ2v) is 3.83. The molecule has 6 heteroatoms. The van der Waals surface area contributed by atoms with Gasteiger partial charge in [-0.3, -0.25) is 4.79 Å². The van der Waals surface area contributed by atoms with Crippen molar-refractivity contribution in [2.75, 3.05) is 12.4 Å². The van der Waals surface area contributed by atoms with E-state index in [-0.39, 0.29) is 11.0 Å². The SMILES string of the molecule is CCC(=O)NC(=S)Nc1ccc(C(=O)OC)cc1. The van der Waals surface area contributed by atoms with Crippen molar-refractivity contribution >= 4 is 34.9 Å². The van der Waals surface area contributed by atoms with Crippen LogP contribution in [0, 0.1) is 0 Å². The molecule has 0 unspecified atom stereocenters. The first-order chi connectivity index (χ1) is 8.56. The lowest BCUT2D eigenvalue weighted by molar-refractivity contribution is -0.119. The molecule has 0 bridgehead atoms. The zero-order valence-corrected chi connectivity index (χ0v) is 11.0. The topological polar surface area (TPSA) is 67.4 Å². The maximum absolute atomic E-state index is 11.2. The molecule has 1 aromatic carbocycles. The van der Waals surface area contributed by atoms with Gasteiger partial charge in [0.2, 0.25) is 5.91 Å². The van der Waals surface area contributed by atoms with E-state index in [0.717, 1.165) is 0 Å². The van der Waals surface area contributed by atoms with Gasteiger partial charge in [-0.05, 0) is 36.5 Å². The van der Waals surface area contributed by atoms with Crippen molar-refractivity contribution in [2.24, 2.45) is 0 Å². The van der Waals surface area contributed by atoms with Crippen molar-refractivity contribution in [3.05, 3.63) is 29.8 Å². The van der Waals surface area contributed by atoms with Crippen molar-refractivity contribution in [2.45, 2.75) is 13.3 Å². The highest BCUT2D eigenvalue weighted by molar-refractivity contribution is 7.80. The molecule has 2 N–H and O–H groups in total. The number of esters is 1. The number of carbonyl (C=O) groups is 2. The Balaban J connectivity index is 2.61. The van der Waals surface area contributed by atoms with Gasteiger partial charge in [0.05, 0.1) is 12.7 Å². The normalized spacial score (nSPS) is 9.44. The number of thiocarbonyl (C=S) groups is 1. The van der Waals surface area contributed by atoms with Gasteiger partial charge in [-0.1, -0.05) is 6.92 Å². The highest BCUT2D eigenvalue weighted by atomic mass is 32.1. The maximum Gasteiger partial charge on any atom is 0.337 e. The number of nitrogens with one attached hydrogen (secondary N) is 2. The predicted octanol–water partition coefficient (Wildman–Crippen LogP) is 1.70. The third-order valence-electron chi connectivity index (χ3n) is 2.14. The largest absolute Gasteiger partial charge is 0.465 e. The molecule has 0 spiro atoms. The van der Waals surface area contributed by atoms with E-state index in [0.29, 0.717) is 17.7 Å². The standard InChI is InChI=1S/C12H14N2O3S/c1-3-10(15)14-12(18)13-9-6-4-8(5-7-9)11(16)17-2/h4-7H,3H2,1-2H3,(H2,13,14,15,18). The van der Waals surface area contributed by atoms with Gasteiger partial charge in [-0.2, -0.15) is 0 Å². The fourth-order valence-electron chi connectivity index (χ4n) is 1.18. The van der Waals surface area contributed by atoms with Crippen LogP contribution < -0.4 is 10.6 Å². The van der Waals surface area contributed by atoms with Gasteiger partial charge >= 0.3 is 5.97 Å². The summed E-state index contributed by atoms with van der Waals surface area (Å²) in [7, 11) is 1.32. The summed E-state index contributed by atoms with van der Waals surface area (Å²) in [4.78, 5) is 22.3. The van der Waals surface area contributed by atoms with Crippen molar-refractivity contribution in [3.63, 3.8) is 0 Å². The third-order valence-corrected chi connectivity index (χ3v) is 2.34. The van der Waals surface area contributed by atoms with Crippen molar-refractivity contribution in [3.8, 4) is 0 Å². The smallest absolute Gasteiger partial charge is 0.337 e. The zero-order chi connectivity index (χ0) is 13.5. The first kappa shape index (κ1) is 14.1. The summed E-state index contributed by atoms with van der Waals surface area (Å²) in [5.74, 6) is -0.554. The van der Waals surface area contributed by atoms with Crippen molar-refractivity contribution in [1.82, 2.24) is 5.32 Å². The Labute approximate surface area is 111 Å². The number of ether oxygens (including phenoxy) is 1. The molecule has 1 amide bonds. The van der Waals surface area contributed by atoms with Crippen LogP contribution in [0.25, 0.3) is 0 Å². The summed E-state index contributed by atoms with van der Waals surface area (Å²) < 4.78 is 4.58. The van der Waals surface area contributed by atoms with Crippen molar-refractivity contribution in [1.29, 1.82) is 0 Å². The molecule has 0 aromatic heterocycles. The first-order valence-electron chi connectivity index (χ1n) is 5.36. The fourth-order valence-corrected chi connectivity index (χ4v) is 1.42. The van der Waals surface area contributed by atoms with E-state index in [1.165, 1.54) is 7.11 Å². The highest BCUT2D eigenvalue weighted by Gasteiger charge is 2.05. The average Bonchev–Trinajstić information content (AvgIpc) is 2.38. The summed E-state index contributed by atoms with van der Waals surface area (Å²) >= 11 is 4.95. The average molecular weight is 266 g/mol. The summed E-state index contributed by atoms with van der Waals surface area (Å²) in [6.07, 6.45) is 0.364. The van der Waals surface area contributed by atoms with Crippen LogP contribution >= 0.6 is 12.2 Å². The quantitative estimate of drug-likeness (QED) is 0.644. The van der Waals surface area contributed by atoms with E-state index < -0.39 is 5.97 Å². The minimum Gasteiger partial charge on any atom is -0.465 e. The lowest BCUT2D eigenvalue weighted by atomic mass is 10.2. The summed E-state index contributed by atoms with van der Waals surface area (Å²) in [5, 5.41) is 5.58. The number of anilines is 1. The highest BCUT2D eigenvalue weighted by Crippen LogP contribution is 2.10.